The van der Waals surface area contributed by atoms with Gasteiger partial charge in [-0.3, -0.25) is 4.79 Å². The van der Waals surface area contributed by atoms with Crippen LogP contribution in [0.2, 0.25) is 0 Å². The van der Waals surface area contributed by atoms with Crippen molar-refractivity contribution in [3.8, 4) is 5.75 Å². The highest BCUT2D eigenvalue weighted by molar-refractivity contribution is 7.81. The number of benzene rings is 2. The van der Waals surface area contributed by atoms with Gasteiger partial charge in [0.15, 0.2) is 0 Å². The number of nitrogens with one attached hydrogen (secondary N) is 1. The van der Waals surface area contributed by atoms with E-state index in [1.165, 1.54) is 0 Å². The van der Waals surface area contributed by atoms with Crippen LogP contribution in [0.4, 0.5) is 5.69 Å². The molecule has 0 fully saturated rings. The molecule has 0 radical (unpaired) electrons. The summed E-state index contributed by atoms with van der Waals surface area (Å²) in [5.41, 5.74) is 2.10. The minimum Gasteiger partial charge on any atom is -0.495 e. The molecule has 0 saturated heterocycles. The monoisotopic (exact) mass is 287 g/mol. The van der Waals surface area contributed by atoms with Crippen LogP contribution in [0.15, 0.2) is 40.8 Å². The van der Waals surface area contributed by atoms with Crippen molar-refractivity contribution in [2.45, 2.75) is 0 Å². The Morgan fingerprint density at radius 3 is 2.80 bits per heavy atom. The van der Waals surface area contributed by atoms with E-state index >= 15 is 0 Å². The maximum atomic E-state index is 11.5. The van der Waals surface area contributed by atoms with Crippen molar-refractivity contribution >= 4 is 46.2 Å². The fourth-order valence-electron chi connectivity index (χ4n) is 2.21. The second-order valence-electron chi connectivity index (χ2n) is 4.35. The number of carbonyl (C=O) groups excluding carboxylic acids is 1. The predicted octanol–water partition coefficient (Wildman–Crippen LogP) is 3.46. The van der Waals surface area contributed by atoms with E-state index < -0.39 is 0 Å². The Bertz CT molecular complexity index is 794. The highest BCUT2D eigenvalue weighted by Crippen LogP contribution is 2.36. The molecule has 0 saturated carbocycles. The molecule has 5 heteroatoms. The first-order valence-corrected chi connectivity index (χ1v) is 6.76. The summed E-state index contributed by atoms with van der Waals surface area (Å²) in [7, 11) is 1.57. The zero-order valence-corrected chi connectivity index (χ0v) is 11.7. The van der Waals surface area contributed by atoms with Crippen molar-refractivity contribution in [3.63, 3.8) is 0 Å². The number of thiol groups is 1. The number of anilines is 1. The summed E-state index contributed by atoms with van der Waals surface area (Å²) in [5, 5.41) is 4.73. The first-order chi connectivity index (χ1) is 9.72. The SMILES string of the molecule is COc1cc2c(cc1NC(=O)CS)oc1ccccc12. The Labute approximate surface area is 121 Å². The number of carbonyl (C=O) groups is 1. The summed E-state index contributed by atoms with van der Waals surface area (Å²) >= 11 is 3.95. The van der Waals surface area contributed by atoms with Gasteiger partial charge in [0.2, 0.25) is 5.91 Å². The number of rotatable bonds is 3. The number of hydrogen-bond acceptors (Lipinski definition) is 4. The fourth-order valence-corrected chi connectivity index (χ4v) is 2.29. The number of methoxy groups -OCH3 is 1. The highest BCUT2D eigenvalue weighted by Gasteiger charge is 2.13. The predicted molar refractivity (Wildman–Crippen MR) is 82.8 cm³/mol. The number of para-hydroxylation sites is 1. The van der Waals surface area contributed by atoms with Gasteiger partial charge >= 0.3 is 0 Å². The molecule has 20 heavy (non-hydrogen) atoms. The lowest BCUT2D eigenvalue weighted by Gasteiger charge is -2.09. The molecule has 0 aliphatic rings. The molecule has 102 valence electrons. The summed E-state index contributed by atoms with van der Waals surface area (Å²) < 4.78 is 11.1. The van der Waals surface area contributed by atoms with E-state index in [0.29, 0.717) is 17.0 Å². The van der Waals surface area contributed by atoms with Crippen LogP contribution in [-0.2, 0) is 4.79 Å². The van der Waals surface area contributed by atoms with Gasteiger partial charge < -0.3 is 14.5 Å². The zero-order valence-electron chi connectivity index (χ0n) is 10.8. The standard InChI is InChI=1S/C15H13NO3S/c1-18-14-6-10-9-4-2-3-5-12(9)19-13(10)7-11(14)16-15(17)8-20/h2-7,20H,8H2,1H3,(H,16,17). The summed E-state index contributed by atoms with van der Waals surface area (Å²) in [6.07, 6.45) is 0. The number of fused-ring (bicyclic) bond motifs is 3. The molecule has 0 spiro atoms. The molecule has 4 nitrogen and oxygen atoms in total. The molecule has 3 aromatic rings. The second-order valence-corrected chi connectivity index (χ2v) is 4.67. The minimum atomic E-state index is -0.193. The van der Waals surface area contributed by atoms with E-state index in [2.05, 4.69) is 17.9 Å². The number of hydrogen-bond donors (Lipinski definition) is 2. The van der Waals surface area contributed by atoms with E-state index in [-0.39, 0.29) is 11.7 Å². The van der Waals surface area contributed by atoms with Crippen LogP contribution in [-0.4, -0.2) is 18.8 Å². The van der Waals surface area contributed by atoms with Gasteiger partial charge in [0.1, 0.15) is 16.9 Å². The molecule has 0 atom stereocenters. The van der Waals surface area contributed by atoms with E-state index in [9.17, 15) is 4.79 Å². The van der Waals surface area contributed by atoms with E-state index in [4.69, 9.17) is 9.15 Å². The Morgan fingerprint density at radius 2 is 2.05 bits per heavy atom. The average molecular weight is 287 g/mol. The topological polar surface area (TPSA) is 51.5 Å². The highest BCUT2D eigenvalue weighted by atomic mass is 32.1. The Balaban J connectivity index is 2.21. The summed E-state index contributed by atoms with van der Waals surface area (Å²) in [5.74, 6) is 0.516. The lowest BCUT2D eigenvalue weighted by Crippen LogP contribution is -2.13. The molecule has 0 bridgehead atoms. The van der Waals surface area contributed by atoms with Crippen molar-refractivity contribution in [1.82, 2.24) is 0 Å². The molecule has 0 unspecified atom stereocenters. The maximum absolute atomic E-state index is 11.5. The largest absolute Gasteiger partial charge is 0.495 e. The van der Waals surface area contributed by atoms with Crippen LogP contribution in [0.25, 0.3) is 21.9 Å². The lowest BCUT2D eigenvalue weighted by molar-refractivity contribution is -0.113. The maximum Gasteiger partial charge on any atom is 0.234 e. The van der Waals surface area contributed by atoms with Gasteiger partial charge in [-0.15, -0.1) is 0 Å². The average Bonchev–Trinajstić information content (AvgIpc) is 2.83. The molecular weight excluding hydrogens is 274 g/mol. The number of amides is 1. The van der Waals surface area contributed by atoms with Gasteiger partial charge in [0, 0.05) is 16.8 Å². The molecule has 1 amide bonds. The molecule has 0 aliphatic heterocycles. The third kappa shape index (κ3) is 2.10. The van der Waals surface area contributed by atoms with E-state index in [1.54, 1.807) is 13.2 Å². The molecule has 1 aromatic heterocycles. The van der Waals surface area contributed by atoms with Gasteiger partial charge in [0.25, 0.3) is 0 Å². The quantitative estimate of drug-likeness (QED) is 0.725. The molecular formula is C15H13NO3S. The first-order valence-electron chi connectivity index (χ1n) is 6.13. The van der Waals surface area contributed by atoms with Gasteiger partial charge in [-0.25, -0.2) is 0 Å². The minimum absolute atomic E-state index is 0.112. The van der Waals surface area contributed by atoms with Crippen LogP contribution < -0.4 is 10.1 Å². The van der Waals surface area contributed by atoms with Crippen LogP contribution >= 0.6 is 12.6 Å². The third-order valence-electron chi connectivity index (χ3n) is 3.12. The summed E-state index contributed by atoms with van der Waals surface area (Å²) in [6.45, 7) is 0. The smallest absolute Gasteiger partial charge is 0.234 e. The molecule has 3 rings (SSSR count). The zero-order chi connectivity index (χ0) is 14.1. The van der Waals surface area contributed by atoms with Crippen molar-refractivity contribution in [2.75, 3.05) is 18.2 Å². The normalized spacial score (nSPS) is 10.9. The molecule has 1 heterocycles. The summed E-state index contributed by atoms with van der Waals surface area (Å²) in [6, 6.07) is 11.4. The number of ether oxygens (including phenoxy) is 1. The number of furan rings is 1. The van der Waals surface area contributed by atoms with Gasteiger partial charge in [-0.1, -0.05) is 18.2 Å². The molecule has 2 aromatic carbocycles. The third-order valence-corrected chi connectivity index (χ3v) is 3.40. The first kappa shape index (κ1) is 12.9. The van der Waals surface area contributed by atoms with Crippen LogP contribution in [0, 0.1) is 0 Å². The molecule has 0 aliphatic carbocycles. The lowest BCUT2D eigenvalue weighted by atomic mass is 10.1. The van der Waals surface area contributed by atoms with Gasteiger partial charge in [-0.2, -0.15) is 12.6 Å². The Hall–Kier alpha value is -2.14. The van der Waals surface area contributed by atoms with Crippen LogP contribution in [0.3, 0.4) is 0 Å². The van der Waals surface area contributed by atoms with Crippen molar-refractivity contribution in [2.24, 2.45) is 0 Å². The van der Waals surface area contributed by atoms with Crippen LogP contribution in [0.5, 0.6) is 5.75 Å². The van der Waals surface area contributed by atoms with Crippen molar-refractivity contribution < 1.29 is 13.9 Å². The summed E-state index contributed by atoms with van der Waals surface area (Å²) in [4.78, 5) is 11.5. The van der Waals surface area contributed by atoms with E-state index in [1.807, 2.05) is 30.3 Å². The van der Waals surface area contributed by atoms with Gasteiger partial charge in [0.05, 0.1) is 18.6 Å². The van der Waals surface area contributed by atoms with Crippen LogP contribution in [0.1, 0.15) is 0 Å². The molecule has 1 N–H and O–H groups in total. The Morgan fingerprint density at radius 1 is 1.25 bits per heavy atom. The van der Waals surface area contributed by atoms with Crippen molar-refractivity contribution in [3.05, 3.63) is 36.4 Å². The Kier molecular flexibility index (Phi) is 3.28. The fraction of sp³-hybridized carbons (Fsp3) is 0.133. The van der Waals surface area contributed by atoms with E-state index in [0.717, 1.165) is 16.4 Å². The second kappa shape index (κ2) is 5.09. The van der Waals surface area contributed by atoms with Crippen molar-refractivity contribution in [1.29, 1.82) is 0 Å². The van der Waals surface area contributed by atoms with Gasteiger partial charge in [-0.05, 0) is 12.1 Å².